The minimum Gasteiger partial charge on any atom is -0.504 e. The van der Waals surface area contributed by atoms with Gasteiger partial charge in [0.2, 0.25) is 5.91 Å². The SMILES string of the molecule is CCc1ccc(NC(=O)CN2C(=O)S/C(=C\c3cc(OC)c(O)cc3Br)C2=O)cc1. The number of hydrogen-bond acceptors (Lipinski definition) is 6. The van der Waals surface area contributed by atoms with Gasteiger partial charge in [0.15, 0.2) is 11.5 Å². The number of carbonyl (C=O) groups excluding carboxylic acids is 3. The Labute approximate surface area is 186 Å². The number of nitrogens with one attached hydrogen (secondary N) is 1. The maximum atomic E-state index is 12.7. The third kappa shape index (κ3) is 4.85. The summed E-state index contributed by atoms with van der Waals surface area (Å²) in [6, 6.07) is 10.3. The molecule has 2 aromatic carbocycles. The van der Waals surface area contributed by atoms with E-state index in [0.717, 1.165) is 28.6 Å². The van der Waals surface area contributed by atoms with Gasteiger partial charge in [-0.1, -0.05) is 35.0 Å². The zero-order valence-corrected chi connectivity index (χ0v) is 18.7. The number of anilines is 1. The van der Waals surface area contributed by atoms with Crippen LogP contribution in [-0.2, 0) is 16.0 Å². The van der Waals surface area contributed by atoms with Gasteiger partial charge in [0.1, 0.15) is 6.54 Å². The number of phenols is 1. The number of nitrogens with zero attached hydrogens (tertiary/aromatic N) is 1. The van der Waals surface area contributed by atoms with E-state index in [1.165, 1.54) is 19.3 Å². The lowest BCUT2D eigenvalue weighted by Gasteiger charge is -2.12. The molecule has 0 saturated carbocycles. The third-order valence-electron chi connectivity index (χ3n) is 4.41. The lowest BCUT2D eigenvalue weighted by atomic mass is 10.1. The molecule has 0 bridgehead atoms. The molecule has 0 aliphatic carbocycles. The van der Waals surface area contributed by atoms with Crippen molar-refractivity contribution in [1.82, 2.24) is 4.90 Å². The molecule has 0 unspecified atom stereocenters. The molecule has 9 heteroatoms. The largest absolute Gasteiger partial charge is 0.504 e. The molecule has 1 heterocycles. The number of aryl methyl sites for hydroxylation is 1. The lowest BCUT2D eigenvalue weighted by Crippen LogP contribution is -2.36. The highest BCUT2D eigenvalue weighted by atomic mass is 79.9. The van der Waals surface area contributed by atoms with Crippen LogP contribution in [0.2, 0.25) is 0 Å². The first-order valence-corrected chi connectivity index (χ1v) is 10.6. The van der Waals surface area contributed by atoms with Gasteiger partial charge < -0.3 is 15.2 Å². The highest BCUT2D eigenvalue weighted by Crippen LogP contribution is 2.37. The van der Waals surface area contributed by atoms with Crippen LogP contribution in [0.5, 0.6) is 11.5 Å². The minimum absolute atomic E-state index is 0.0572. The zero-order chi connectivity index (χ0) is 21.8. The van der Waals surface area contributed by atoms with Gasteiger partial charge in [-0.3, -0.25) is 19.3 Å². The zero-order valence-electron chi connectivity index (χ0n) is 16.3. The molecule has 0 spiro atoms. The summed E-state index contributed by atoms with van der Waals surface area (Å²) in [5.41, 5.74) is 2.29. The standard InChI is InChI=1S/C21H19BrN2O5S/c1-3-12-4-6-14(7-5-12)23-19(26)11-24-20(27)18(30-21(24)28)9-13-8-17(29-2)16(25)10-15(13)22/h4-10,25H,3,11H2,1-2H3,(H,23,26)/b18-9-. The van der Waals surface area contributed by atoms with Crippen molar-refractivity contribution in [3.8, 4) is 11.5 Å². The number of aromatic hydroxyl groups is 1. The molecular weight excluding hydrogens is 472 g/mol. The van der Waals surface area contributed by atoms with Gasteiger partial charge in [0, 0.05) is 10.2 Å². The topological polar surface area (TPSA) is 95.9 Å². The van der Waals surface area contributed by atoms with Crippen LogP contribution < -0.4 is 10.1 Å². The van der Waals surface area contributed by atoms with Crippen molar-refractivity contribution in [2.45, 2.75) is 13.3 Å². The Balaban J connectivity index is 1.72. The first kappa shape index (κ1) is 21.9. The highest BCUT2D eigenvalue weighted by molar-refractivity contribution is 9.10. The van der Waals surface area contributed by atoms with Gasteiger partial charge in [0.25, 0.3) is 11.1 Å². The molecule has 1 fully saturated rings. The number of carbonyl (C=O) groups is 3. The quantitative estimate of drug-likeness (QED) is 0.582. The number of amides is 3. The second-order valence-electron chi connectivity index (χ2n) is 6.41. The van der Waals surface area contributed by atoms with E-state index in [0.29, 0.717) is 15.7 Å². The first-order valence-electron chi connectivity index (χ1n) is 9.03. The van der Waals surface area contributed by atoms with E-state index in [1.54, 1.807) is 18.2 Å². The fourth-order valence-corrected chi connectivity index (χ4v) is 4.05. The number of imide groups is 1. The van der Waals surface area contributed by atoms with Crippen LogP contribution in [0.4, 0.5) is 10.5 Å². The number of ether oxygens (including phenoxy) is 1. The Kier molecular flexibility index (Phi) is 6.84. The first-order chi connectivity index (χ1) is 14.3. The van der Waals surface area contributed by atoms with Crippen molar-refractivity contribution >= 4 is 56.5 Å². The normalized spacial score (nSPS) is 15.0. The van der Waals surface area contributed by atoms with Crippen LogP contribution in [0.15, 0.2) is 45.8 Å². The molecule has 3 amide bonds. The lowest BCUT2D eigenvalue weighted by molar-refractivity contribution is -0.127. The molecular formula is C21H19BrN2O5S. The van der Waals surface area contributed by atoms with Crippen molar-refractivity contribution in [3.05, 3.63) is 56.9 Å². The number of benzene rings is 2. The molecule has 1 aliphatic rings. The van der Waals surface area contributed by atoms with E-state index in [2.05, 4.69) is 21.2 Å². The van der Waals surface area contributed by atoms with Gasteiger partial charge in [-0.15, -0.1) is 0 Å². The Morgan fingerprint density at radius 3 is 2.60 bits per heavy atom. The monoisotopic (exact) mass is 490 g/mol. The molecule has 0 atom stereocenters. The fourth-order valence-electron chi connectivity index (χ4n) is 2.78. The van der Waals surface area contributed by atoms with Gasteiger partial charge in [0.05, 0.1) is 12.0 Å². The molecule has 0 radical (unpaired) electrons. The summed E-state index contributed by atoms with van der Waals surface area (Å²) >= 11 is 4.06. The van der Waals surface area contributed by atoms with Crippen molar-refractivity contribution in [3.63, 3.8) is 0 Å². The van der Waals surface area contributed by atoms with Gasteiger partial charge in [-0.2, -0.15) is 0 Å². The highest BCUT2D eigenvalue weighted by Gasteiger charge is 2.36. The number of phenolic OH excluding ortho intramolecular Hbond substituents is 1. The van der Waals surface area contributed by atoms with Crippen LogP contribution in [0.1, 0.15) is 18.1 Å². The summed E-state index contributed by atoms with van der Waals surface area (Å²) < 4.78 is 5.60. The van der Waals surface area contributed by atoms with Crippen LogP contribution >= 0.6 is 27.7 Å². The summed E-state index contributed by atoms with van der Waals surface area (Å²) in [5.74, 6) is -0.842. The average molecular weight is 491 g/mol. The smallest absolute Gasteiger partial charge is 0.294 e. The average Bonchev–Trinajstić information content (AvgIpc) is 2.98. The Hall–Kier alpha value is -2.78. The van der Waals surface area contributed by atoms with Crippen molar-refractivity contribution < 1.29 is 24.2 Å². The van der Waals surface area contributed by atoms with Gasteiger partial charge in [-0.25, -0.2) is 0 Å². The Bertz CT molecular complexity index is 1040. The molecule has 156 valence electrons. The Morgan fingerprint density at radius 1 is 1.27 bits per heavy atom. The van der Waals surface area contributed by atoms with E-state index >= 15 is 0 Å². The van der Waals surface area contributed by atoms with E-state index in [9.17, 15) is 19.5 Å². The minimum atomic E-state index is -0.555. The molecule has 2 aromatic rings. The van der Waals surface area contributed by atoms with Crippen molar-refractivity contribution in [2.24, 2.45) is 0 Å². The molecule has 1 saturated heterocycles. The molecule has 7 nitrogen and oxygen atoms in total. The van der Waals surface area contributed by atoms with Crippen molar-refractivity contribution in [1.29, 1.82) is 0 Å². The maximum absolute atomic E-state index is 12.7. The summed E-state index contributed by atoms with van der Waals surface area (Å²) in [6.45, 7) is 1.66. The predicted octanol–water partition coefficient (Wildman–Crippen LogP) is 4.40. The van der Waals surface area contributed by atoms with Crippen LogP contribution in [0.25, 0.3) is 6.08 Å². The van der Waals surface area contributed by atoms with Crippen LogP contribution in [0, 0.1) is 0 Å². The maximum Gasteiger partial charge on any atom is 0.294 e. The summed E-state index contributed by atoms with van der Waals surface area (Å²) in [6.07, 6.45) is 2.40. The number of hydrogen-bond donors (Lipinski definition) is 2. The van der Waals surface area contributed by atoms with E-state index in [-0.39, 0.29) is 22.9 Å². The molecule has 30 heavy (non-hydrogen) atoms. The summed E-state index contributed by atoms with van der Waals surface area (Å²) in [7, 11) is 1.41. The molecule has 1 aliphatic heterocycles. The molecule has 3 rings (SSSR count). The third-order valence-corrected chi connectivity index (χ3v) is 6.00. The van der Waals surface area contributed by atoms with Crippen molar-refractivity contribution in [2.75, 3.05) is 19.0 Å². The van der Waals surface area contributed by atoms with Crippen LogP contribution in [-0.4, -0.2) is 40.7 Å². The van der Waals surface area contributed by atoms with Gasteiger partial charge >= 0.3 is 0 Å². The summed E-state index contributed by atoms with van der Waals surface area (Å²) in [4.78, 5) is 38.3. The molecule has 2 N–H and O–H groups in total. The van der Waals surface area contributed by atoms with Crippen LogP contribution in [0.3, 0.4) is 0 Å². The van der Waals surface area contributed by atoms with E-state index in [1.807, 2.05) is 19.1 Å². The van der Waals surface area contributed by atoms with E-state index < -0.39 is 17.1 Å². The van der Waals surface area contributed by atoms with Gasteiger partial charge in [-0.05, 0) is 59.7 Å². The van der Waals surface area contributed by atoms with E-state index in [4.69, 9.17) is 4.74 Å². The summed E-state index contributed by atoms with van der Waals surface area (Å²) in [5, 5.41) is 12.0. The number of thioether (sulfide) groups is 1. The second-order valence-corrected chi connectivity index (χ2v) is 8.26. The fraction of sp³-hybridized carbons (Fsp3) is 0.190. The number of methoxy groups -OCH3 is 1. The Morgan fingerprint density at radius 2 is 1.97 bits per heavy atom. The second kappa shape index (κ2) is 9.36. The number of halogens is 1. The molecule has 0 aromatic heterocycles. The predicted molar refractivity (Wildman–Crippen MR) is 119 cm³/mol. The number of rotatable bonds is 6.